The molecule has 0 saturated carbocycles. The van der Waals surface area contributed by atoms with Gasteiger partial charge in [-0.3, -0.25) is 0 Å². The third-order valence-electron chi connectivity index (χ3n) is 2.72. The van der Waals surface area contributed by atoms with Crippen LogP contribution in [-0.2, 0) is 0 Å². The highest BCUT2D eigenvalue weighted by atomic mass is 15.2. The summed E-state index contributed by atoms with van der Waals surface area (Å²) in [5, 5.41) is 3.53. The molecule has 0 aromatic carbocycles. The summed E-state index contributed by atoms with van der Waals surface area (Å²) in [7, 11) is 0. The van der Waals surface area contributed by atoms with Gasteiger partial charge < -0.3 is 5.32 Å². The standard InChI is InChI=1S/C8H17N/c1-4-7-8(5-2,6-3)9-7/h7,9H,4-6H2,1-3H3/t7-/m1/s1. The van der Waals surface area contributed by atoms with E-state index < -0.39 is 0 Å². The molecule has 1 aliphatic heterocycles. The van der Waals surface area contributed by atoms with Gasteiger partial charge in [-0.1, -0.05) is 20.8 Å². The van der Waals surface area contributed by atoms with Gasteiger partial charge in [0.25, 0.3) is 0 Å². The van der Waals surface area contributed by atoms with Crippen LogP contribution >= 0.6 is 0 Å². The van der Waals surface area contributed by atoms with Crippen LogP contribution in [0.2, 0.25) is 0 Å². The Balaban J connectivity index is 2.37. The molecule has 0 amide bonds. The Morgan fingerprint density at radius 2 is 1.78 bits per heavy atom. The van der Waals surface area contributed by atoms with Gasteiger partial charge in [-0.25, -0.2) is 0 Å². The Bertz CT molecular complexity index is 94.7. The zero-order valence-electron chi connectivity index (χ0n) is 6.70. The summed E-state index contributed by atoms with van der Waals surface area (Å²) in [6.45, 7) is 6.79. The summed E-state index contributed by atoms with van der Waals surface area (Å²) in [5.74, 6) is 0. The Morgan fingerprint density at radius 1 is 1.22 bits per heavy atom. The molecule has 0 aromatic heterocycles. The van der Waals surface area contributed by atoms with E-state index in [9.17, 15) is 0 Å². The minimum atomic E-state index is 0.550. The Labute approximate surface area is 57.8 Å². The van der Waals surface area contributed by atoms with Gasteiger partial charge in [0, 0.05) is 11.6 Å². The van der Waals surface area contributed by atoms with Gasteiger partial charge in [0.15, 0.2) is 0 Å². The zero-order chi connectivity index (χ0) is 6.91. The number of hydrogen-bond acceptors (Lipinski definition) is 1. The van der Waals surface area contributed by atoms with E-state index in [1.165, 1.54) is 19.3 Å². The van der Waals surface area contributed by atoms with Gasteiger partial charge in [0.1, 0.15) is 0 Å². The quantitative estimate of drug-likeness (QED) is 0.575. The Morgan fingerprint density at radius 3 is 1.89 bits per heavy atom. The first-order chi connectivity index (χ1) is 4.29. The summed E-state index contributed by atoms with van der Waals surface area (Å²) in [4.78, 5) is 0. The van der Waals surface area contributed by atoms with Crippen LogP contribution in [-0.4, -0.2) is 11.6 Å². The fourth-order valence-electron chi connectivity index (χ4n) is 1.75. The molecular formula is C8H17N. The Kier molecular flexibility index (Phi) is 1.80. The largest absolute Gasteiger partial charge is 0.305 e. The molecule has 1 fully saturated rings. The van der Waals surface area contributed by atoms with E-state index in [2.05, 4.69) is 26.1 Å². The van der Waals surface area contributed by atoms with Crippen molar-refractivity contribution in [3.8, 4) is 0 Å². The summed E-state index contributed by atoms with van der Waals surface area (Å²) in [6, 6.07) is 0.826. The van der Waals surface area contributed by atoms with Crippen LogP contribution < -0.4 is 5.32 Å². The van der Waals surface area contributed by atoms with Crippen molar-refractivity contribution in [3.05, 3.63) is 0 Å². The van der Waals surface area contributed by atoms with Crippen LogP contribution in [0.4, 0.5) is 0 Å². The summed E-state index contributed by atoms with van der Waals surface area (Å²) in [6.07, 6.45) is 3.88. The SMILES string of the molecule is CC[C@H]1NC1(CC)CC. The second kappa shape index (κ2) is 2.30. The minimum absolute atomic E-state index is 0.550. The highest BCUT2D eigenvalue weighted by molar-refractivity contribution is 5.11. The monoisotopic (exact) mass is 127 g/mol. The smallest absolute Gasteiger partial charge is 0.0333 e. The van der Waals surface area contributed by atoms with Crippen molar-refractivity contribution in [1.82, 2.24) is 5.32 Å². The van der Waals surface area contributed by atoms with Crippen molar-refractivity contribution in [2.24, 2.45) is 0 Å². The lowest BCUT2D eigenvalue weighted by Gasteiger charge is -2.06. The maximum Gasteiger partial charge on any atom is 0.0333 e. The molecule has 1 aliphatic rings. The molecule has 0 spiro atoms. The molecule has 1 heteroatoms. The highest BCUT2D eigenvalue weighted by Gasteiger charge is 2.48. The van der Waals surface area contributed by atoms with E-state index in [-0.39, 0.29) is 0 Å². The maximum atomic E-state index is 3.53. The average Bonchev–Trinajstić information content (AvgIpc) is 2.63. The predicted octanol–water partition coefficient (Wildman–Crippen LogP) is 1.93. The molecule has 0 aromatic rings. The van der Waals surface area contributed by atoms with E-state index in [4.69, 9.17) is 0 Å². The summed E-state index contributed by atoms with van der Waals surface area (Å²) < 4.78 is 0. The molecule has 0 bridgehead atoms. The summed E-state index contributed by atoms with van der Waals surface area (Å²) >= 11 is 0. The minimum Gasteiger partial charge on any atom is -0.305 e. The molecule has 1 heterocycles. The molecule has 1 atom stereocenters. The lowest BCUT2D eigenvalue weighted by Crippen LogP contribution is -2.13. The van der Waals surface area contributed by atoms with E-state index >= 15 is 0 Å². The molecule has 9 heavy (non-hydrogen) atoms. The van der Waals surface area contributed by atoms with Crippen molar-refractivity contribution in [1.29, 1.82) is 0 Å². The first-order valence-electron chi connectivity index (χ1n) is 4.06. The Hall–Kier alpha value is -0.0400. The van der Waals surface area contributed by atoms with Crippen molar-refractivity contribution in [3.63, 3.8) is 0 Å². The molecule has 1 nitrogen and oxygen atoms in total. The highest BCUT2D eigenvalue weighted by Crippen LogP contribution is 2.35. The van der Waals surface area contributed by atoms with Crippen LogP contribution in [0.5, 0.6) is 0 Å². The fourth-order valence-corrected chi connectivity index (χ4v) is 1.75. The lowest BCUT2D eigenvalue weighted by molar-refractivity contribution is 0.554. The molecule has 54 valence electrons. The molecule has 1 N–H and O–H groups in total. The topological polar surface area (TPSA) is 21.9 Å². The fraction of sp³-hybridized carbons (Fsp3) is 1.00. The maximum absolute atomic E-state index is 3.53. The van der Waals surface area contributed by atoms with Gasteiger partial charge in [0.05, 0.1) is 0 Å². The van der Waals surface area contributed by atoms with E-state index in [0.717, 1.165) is 6.04 Å². The number of rotatable bonds is 3. The second-order valence-electron chi connectivity index (χ2n) is 2.97. The van der Waals surface area contributed by atoms with Crippen LogP contribution in [0.1, 0.15) is 40.0 Å². The van der Waals surface area contributed by atoms with Crippen molar-refractivity contribution in [2.45, 2.75) is 51.6 Å². The molecule has 0 aliphatic carbocycles. The van der Waals surface area contributed by atoms with Crippen LogP contribution in [0.3, 0.4) is 0 Å². The predicted molar refractivity (Wildman–Crippen MR) is 40.5 cm³/mol. The second-order valence-corrected chi connectivity index (χ2v) is 2.97. The van der Waals surface area contributed by atoms with Gasteiger partial charge >= 0.3 is 0 Å². The van der Waals surface area contributed by atoms with E-state index in [1.807, 2.05) is 0 Å². The van der Waals surface area contributed by atoms with Gasteiger partial charge in [-0.05, 0) is 19.3 Å². The number of nitrogens with one attached hydrogen (secondary N) is 1. The van der Waals surface area contributed by atoms with Crippen LogP contribution in [0.25, 0.3) is 0 Å². The number of hydrogen-bond donors (Lipinski definition) is 1. The van der Waals surface area contributed by atoms with Gasteiger partial charge in [0.2, 0.25) is 0 Å². The first kappa shape index (κ1) is 7.07. The summed E-state index contributed by atoms with van der Waals surface area (Å²) in [5.41, 5.74) is 0.550. The first-order valence-corrected chi connectivity index (χ1v) is 4.06. The molecule has 0 radical (unpaired) electrons. The lowest BCUT2D eigenvalue weighted by atomic mass is 9.98. The third-order valence-corrected chi connectivity index (χ3v) is 2.72. The zero-order valence-corrected chi connectivity index (χ0v) is 6.70. The van der Waals surface area contributed by atoms with Crippen molar-refractivity contribution in [2.75, 3.05) is 0 Å². The van der Waals surface area contributed by atoms with Crippen LogP contribution in [0, 0.1) is 0 Å². The molecule has 1 saturated heterocycles. The third kappa shape index (κ3) is 0.983. The van der Waals surface area contributed by atoms with Gasteiger partial charge in [-0.15, -0.1) is 0 Å². The average molecular weight is 127 g/mol. The van der Waals surface area contributed by atoms with Crippen LogP contribution in [0.15, 0.2) is 0 Å². The van der Waals surface area contributed by atoms with Crippen molar-refractivity contribution < 1.29 is 0 Å². The van der Waals surface area contributed by atoms with E-state index in [1.54, 1.807) is 0 Å². The molecule has 0 unspecified atom stereocenters. The van der Waals surface area contributed by atoms with Gasteiger partial charge in [-0.2, -0.15) is 0 Å². The molecular weight excluding hydrogens is 110 g/mol. The van der Waals surface area contributed by atoms with E-state index in [0.29, 0.717) is 5.54 Å². The normalized spacial score (nSPS) is 30.3. The molecule has 1 rings (SSSR count). The van der Waals surface area contributed by atoms with Crippen molar-refractivity contribution >= 4 is 0 Å².